The van der Waals surface area contributed by atoms with Gasteiger partial charge in [0.1, 0.15) is 0 Å². The van der Waals surface area contributed by atoms with Crippen LogP contribution in [-0.4, -0.2) is 44.8 Å². The van der Waals surface area contributed by atoms with Crippen molar-refractivity contribution in [3.63, 3.8) is 0 Å². The number of ether oxygens (including phenoxy) is 2. The average molecular weight is 554 g/mol. The summed E-state index contributed by atoms with van der Waals surface area (Å²) in [6.45, 7) is 4.47. The van der Waals surface area contributed by atoms with Crippen molar-refractivity contribution in [2.24, 2.45) is 4.99 Å². The summed E-state index contributed by atoms with van der Waals surface area (Å²) < 4.78 is 11.9. The Morgan fingerprint density at radius 2 is 1.84 bits per heavy atom. The molecule has 0 atom stereocenters. The third kappa shape index (κ3) is 7.53. The Morgan fingerprint density at radius 1 is 1.03 bits per heavy atom. The first-order chi connectivity index (χ1) is 14.7. The Labute approximate surface area is 205 Å². The molecule has 0 saturated carbocycles. The first-order valence-electron chi connectivity index (χ1n) is 10.3. The number of hydrogen-bond donors (Lipinski definition) is 2. The number of halogens is 1. The molecule has 0 aliphatic carbocycles. The van der Waals surface area contributed by atoms with Gasteiger partial charge in [-0.1, -0.05) is 18.2 Å². The molecule has 0 unspecified atom stereocenters. The van der Waals surface area contributed by atoms with Crippen molar-refractivity contribution >= 4 is 51.5 Å². The van der Waals surface area contributed by atoms with Gasteiger partial charge < -0.3 is 20.1 Å². The zero-order valence-corrected chi connectivity index (χ0v) is 21.5. The maximum Gasteiger partial charge on any atom is 0.191 e. The summed E-state index contributed by atoms with van der Waals surface area (Å²) in [4.78, 5) is 9.40. The second-order valence-corrected chi connectivity index (χ2v) is 7.92. The van der Waals surface area contributed by atoms with E-state index >= 15 is 0 Å². The zero-order chi connectivity index (χ0) is 21.2. The van der Waals surface area contributed by atoms with Crippen molar-refractivity contribution in [2.45, 2.75) is 26.2 Å². The van der Waals surface area contributed by atoms with Crippen LogP contribution in [0.4, 0.5) is 0 Å². The van der Waals surface area contributed by atoms with Gasteiger partial charge in [-0.25, -0.2) is 4.98 Å². The Balaban J connectivity index is 0.00000341. The van der Waals surface area contributed by atoms with E-state index in [9.17, 15) is 0 Å². The maximum absolute atomic E-state index is 5.38. The molecule has 0 saturated heterocycles. The van der Waals surface area contributed by atoms with Crippen molar-refractivity contribution in [3.05, 3.63) is 53.0 Å². The third-order valence-corrected chi connectivity index (χ3v) is 5.75. The van der Waals surface area contributed by atoms with Gasteiger partial charge in [-0.15, -0.1) is 35.3 Å². The number of aryl methyl sites for hydroxylation is 1. The number of rotatable bonds is 10. The quantitative estimate of drug-likeness (QED) is 0.165. The maximum atomic E-state index is 5.38. The van der Waals surface area contributed by atoms with Gasteiger partial charge in [0, 0.05) is 26.1 Å². The van der Waals surface area contributed by atoms with Gasteiger partial charge in [-0.3, -0.25) is 4.99 Å². The molecule has 8 heteroatoms. The van der Waals surface area contributed by atoms with Crippen molar-refractivity contribution < 1.29 is 9.47 Å². The van der Waals surface area contributed by atoms with Crippen LogP contribution in [0.3, 0.4) is 0 Å². The molecular formula is C23H31IN4O2S. The first-order valence-corrected chi connectivity index (χ1v) is 11.1. The Kier molecular flexibility index (Phi) is 10.9. The molecule has 3 aromatic rings. The fourth-order valence-electron chi connectivity index (χ4n) is 3.15. The summed E-state index contributed by atoms with van der Waals surface area (Å²) in [5.41, 5.74) is 2.28. The van der Waals surface area contributed by atoms with Crippen LogP contribution in [0.5, 0.6) is 11.5 Å². The molecule has 6 nitrogen and oxygen atoms in total. The summed E-state index contributed by atoms with van der Waals surface area (Å²) >= 11 is 1.77. The van der Waals surface area contributed by atoms with Crippen LogP contribution in [-0.2, 0) is 12.8 Å². The number of fused-ring (bicyclic) bond motifs is 1. The average Bonchev–Trinajstić information content (AvgIpc) is 3.19. The number of aromatic nitrogens is 1. The number of para-hydroxylation sites is 1. The minimum absolute atomic E-state index is 0. The molecule has 168 valence electrons. The lowest BCUT2D eigenvalue weighted by Crippen LogP contribution is -2.38. The fraction of sp³-hybridized carbons (Fsp3) is 0.391. The molecule has 0 aliphatic rings. The van der Waals surface area contributed by atoms with Gasteiger partial charge in [-0.05, 0) is 49.6 Å². The molecule has 1 heterocycles. The van der Waals surface area contributed by atoms with E-state index in [0.29, 0.717) is 0 Å². The topological polar surface area (TPSA) is 67.8 Å². The highest BCUT2D eigenvalue weighted by Gasteiger charge is 2.05. The monoisotopic (exact) mass is 554 g/mol. The number of hydrogen-bond acceptors (Lipinski definition) is 5. The van der Waals surface area contributed by atoms with E-state index < -0.39 is 0 Å². The Bertz CT molecular complexity index is 944. The highest BCUT2D eigenvalue weighted by molar-refractivity contribution is 14.0. The predicted molar refractivity (Wildman–Crippen MR) is 141 cm³/mol. The summed E-state index contributed by atoms with van der Waals surface area (Å²) in [5.74, 6) is 2.35. The number of thiazole rings is 1. The molecule has 0 fully saturated rings. The number of guanidine groups is 1. The van der Waals surface area contributed by atoms with E-state index in [-0.39, 0.29) is 24.0 Å². The van der Waals surface area contributed by atoms with E-state index in [1.807, 2.05) is 18.2 Å². The van der Waals surface area contributed by atoms with E-state index in [4.69, 9.17) is 19.5 Å². The van der Waals surface area contributed by atoms with E-state index in [1.165, 1.54) is 15.3 Å². The normalized spacial score (nSPS) is 11.1. The first kappa shape index (κ1) is 25.2. The Hall–Kier alpha value is -2.07. The number of methoxy groups -OCH3 is 2. The summed E-state index contributed by atoms with van der Waals surface area (Å²) in [7, 11) is 3.30. The van der Waals surface area contributed by atoms with Crippen molar-refractivity contribution in [1.82, 2.24) is 15.6 Å². The number of benzene rings is 2. The van der Waals surface area contributed by atoms with Crippen molar-refractivity contribution in [1.29, 1.82) is 0 Å². The molecule has 2 N–H and O–H groups in total. The van der Waals surface area contributed by atoms with E-state index in [2.05, 4.69) is 41.8 Å². The Morgan fingerprint density at radius 3 is 2.58 bits per heavy atom. The summed E-state index contributed by atoms with van der Waals surface area (Å²) in [5, 5.41) is 7.90. The highest BCUT2D eigenvalue weighted by atomic mass is 127. The molecule has 31 heavy (non-hydrogen) atoms. The van der Waals surface area contributed by atoms with Crippen LogP contribution in [0, 0.1) is 0 Å². The predicted octanol–water partition coefficient (Wildman–Crippen LogP) is 4.66. The van der Waals surface area contributed by atoms with Gasteiger partial charge >= 0.3 is 0 Å². The van der Waals surface area contributed by atoms with Gasteiger partial charge in [0.05, 0.1) is 29.4 Å². The van der Waals surface area contributed by atoms with Gasteiger partial charge in [0.15, 0.2) is 17.5 Å². The molecule has 0 aliphatic heterocycles. The molecule has 1 aromatic heterocycles. The van der Waals surface area contributed by atoms with Gasteiger partial charge in [-0.2, -0.15) is 0 Å². The SMILES string of the molecule is CCNC(=NCCCc1nc2ccccc2s1)NCCc1ccc(OC)c(OC)c1.I. The van der Waals surface area contributed by atoms with Crippen LogP contribution < -0.4 is 20.1 Å². The molecule has 0 amide bonds. The van der Waals surface area contributed by atoms with Crippen LogP contribution >= 0.6 is 35.3 Å². The summed E-state index contributed by atoms with van der Waals surface area (Å²) in [6, 6.07) is 14.3. The second kappa shape index (κ2) is 13.4. The van der Waals surface area contributed by atoms with E-state index in [1.54, 1.807) is 25.6 Å². The molecule has 3 rings (SSSR count). The van der Waals surface area contributed by atoms with Crippen molar-refractivity contribution in [2.75, 3.05) is 33.9 Å². The number of nitrogens with one attached hydrogen (secondary N) is 2. The van der Waals surface area contributed by atoms with Gasteiger partial charge in [0.2, 0.25) is 0 Å². The van der Waals surface area contributed by atoms with Crippen LogP contribution in [0.15, 0.2) is 47.5 Å². The lowest BCUT2D eigenvalue weighted by Gasteiger charge is -2.12. The van der Waals surface area contributed by atoms with Gasteiger partial charge in [0.25, 0.3) is 0 Å². The van der Waals surface area contributed by atoms with Crippen LogP contribution in [0.25, 0.3) is 10.2 Å². The van der Waals surface area contributed by atoms with Crippen molar-refractivity contribution in [3.8, 4) is 11.5 Å². The minimum Gasteiger partial charge on any atom is -0.493 e. The highest BCUT2D eigenvalue weighted by Crippen LogP contribution is 2.27. The lowest BCUT2D eigenvalue weighted by atomic mass is 10.1. The lowest BCUT2D eigenvalue weighted by molar-refractivity contribution is 0.354. The summed E-state index contributed by atoms with van der Waals surface area (Å²) in [6.07, 6.45) is 2.80. The molecule has 2 aromatic carbocycles. The minimum atomic E-state index is 0. The number of nitrogens with zero attached hydrogens (tertiary/aromatic N) is 2. The third-order valence-electron chi connectivity index (χ3n) is 4.66. The smallest absolute Gasteiger partial charge is 0.191 e. The van der Waals surface area contributed by atoms with Crippen LogP contribution in [0.1, 0.15) is 23.9 Å². The molecule has 0 radical (unpaired) electrons. The molecular weight excluding hydrogens is 523 g/mol. The fourth-order valence-corrected chi connectivity index (χ4v) is 4.16. The zero-order valence-electron chi connectivity index (χ0n) is 18.3. The van der Waals surface area contributed by atoms with Crippen LogP contribution in [0.2, 0.25) is 0 Å². The molecule has 0 spiro atoms. The second-order valence-electron chi connectivity index (χ2n) is 6.81. The molecule has 0 bridgehead atoms. The standard InChI is InChI=1S/C23H30N4O2S.HI/c1-4-24-23(26-15-13-17-11-12-19(28-2)20(16-17)29-3)25-14-7-10-22-27-18-8-5-6-9-21(18)30-22;/h5-6,8-9,11-12,16H,4,7,10,13-15H2,1-3H3,(H2,24,25,26);1H. The largest absolute Gasteiger partial charge is 0.493 e. The van der Waals surface area contributed by atoms with E-state index in [0.717, 1.165) is 61.9 Å². The number of aliphatic imine (C=N–C) groups is 1.